The quantitative estimate of drug-likeness (QED) is 0.622. The Labute approximate surface area is 179 Å². The molecule has 0 radical (unpaired) electrons. The van der Waals surface area contributed by atoms with Crippen LogP contribution in [0.5, 0.6) is 0 Å². The highest BCUT2D eigenvalue weighted by atomic mass is 19.1. The summed E-state index contributed by atoms with van der Waals surface area (Å²) in [5, 5.41) is 9.76. The van der Waals surface area contributed by atoms with Gasteiger partial charge >= 0.3 is 12.1 Å². The van der Waals surface area contributed by atoms with E-state index in [4.69, 9.17) is 4.74 Å². The molecule has 31 heavy (non-hydrogen) atoms. The third-order valence-corrected chi connectivity index (χ3v) is 5.67. The number of hydrogen-bond acceptors (Lipinski definition) is 5. The fourth-order valence-electron chi connectivity index (χ4n) is 4.08. The molecule has 0 saturated carbocycles. The maximum Gasteiger partial charge on any atom is 0.417 e. The van der Waals surface area contributed by atoms with Gasteiger partial charge in [-0.25, -0.2) is 18.7 Å². The molecule has 1 saturated heterocycles. The molecule has 4 rings (SSSR count). The van der Waals surface area contributed by atoms with E-state index < -0.39 is 11.9 Å². The number of halogens is 1. The number of carbonyl (C=O) groups excluding carboxylic acids is 1. The molecule has 0 unspecified atom stereocenters. The van der Waals surface area contributed by atoms with E-state index in [1.54, 1.807) is 37.3 Å². The number of rotatable bonds is 4. The van der Waals surface area contributed by atoms with Crippen LogP contribution < -0.4 is 4.90 Å². The van der Waals surface area contributed by atoms with Crippen molar-refractivity contribution in [2.45, 2.75) is 26.7 Å². The summed E-state index contributed by atoms with van der Waals surface area (Å²) >= 11 is 0. The summed E-state index contributed by atoms with van der Waals surface area (Å²) in [7, 11) is 0. The summed E-state index contributed by atoms with van der Waals surface area (Å²) in [5.41, 5.74) is 2.73. The second-order valence-electron chi connectivity index (χ2n) is 7.72. The summed E-state index contributed by atoms with van der Waals surface area (Å²) in [6, 6.07) is 9.89. The number of fused-ring (bicyclic) bond motifs is 1. The van der Waals surface area contributed by atoms with Crippen molar-refractivity contribution in [3.05, 3.63) is 47.8 Å². The SMILES string of the molecule is CCOC(=O)C1CCN(c2ccc(F)c(-c3nc4cc(C)ccc4n3C(=O)O)c2)CC1. The predicted molar refractivity (Wildman–Crippen MR) is 115 cm³/mol. The Balaban J connectivity index is 1.68. The van der Waals surface area contributed by atoms with Crippen LogP contribution in [0.25, 0.3) is 22.4 Å². The summed E-state index contributed by atoms with van der Waals surface area (Å²) in [4.78, 5) is 30.4. The van der Waals surface area contributed by atoms with Crippen molar-refractivity contribution < 1.29 is 23.8 Å². The van der Waals surface area contributed by atoms with E-state index in [2.05, 4.69) is 9.88 Å². The molecule has 0 bridgehead atoms. The number of esters is 1. The number of nitrogens with zero attached hydrogens (tertiary/aromatic N) is 3. The number of hydrogen-bond donors (Lipinski definition) is 1. The van der Waals surface area contributed by atoms with Crippen LogP contribution in [0.1, 0.15) is 25.3 Å². The first kappa shape index (κ1) is 20.8. The van der Waals surface area contributed by atoms with E-state index in [0.717, 1.165) is 15.8 Å². The van der Waals surface area contributed by atoms with Gasteiger partial charge in [0.05, 0.1) is 29.1 Å². The number of ether oxygens (including phenoxy) is 1. The number of carboxylic acid groups (broad SMARTS) is 1. The van der Waals surface area contributed by atoms with Gasteiger partial charge in [-0.05, 0) is 62.6 Å². The Morgan fingerprint density at radius 2 is 1.94 bits per heavy atom. The minimum atomic E-state index is -1.22. The maximum atomic E-state index is 14.8. The molecule has 7 nitrogen and oxygen atoms in total. The van der Waals surface area contributed by atoms with Crippen LogP contribution in [0, 0.1) is 18.7 Å². The minimum Gasteiger partial charge on any atom is -0.466 e. The lowest BCUT2D eigenvalue weighted by atomic mass is 9.96. The molecule has 162 valence electrons. The highest BCUT2D eigenvalue weighted by molar-refractivity contribution is 5.92. The Kier molecular flexibility index (Phi) is 5.63. The molecule has 2 heterocycles. The van der Waals surface area contributed by atoms with Gasteiger partial charge < -0.3 is 14.7 Å². The van der Waals surface area contributed by atoms with Crippen molar-refractivity contribution in [1.29, 1.82) is 0 Å². The molecule has 1 fully saturated rings. The molecule has 3 aromatic rings. The van der Waals surface area contributed by atoms with Crippen LogP contribution in [0.4, 0.5) is 14.9 Å². The van der Waals surface area contributed by atoms with E-state index in [1.807, 2.05) is 6.92 Å². The summed E-state index contributed by atoms with van der Waals surface area (Å²) in [5.74, 6) is -0.795. The second-order valence-corrected chi connectivity index (χ2v) is 7.72. The van der Waals surface area contributed by atoms with E-state index in [0.29, 0.717) is 43.6 Å². The second kappa shape index (κ2) is 8.37. The number of piperidine rings is 1. The largest absolute Gasteiger partial charge is 0.466 e. The Morgan fingerprint density at radius 3 is 2.61 bits per heavy atom. The molecule has 0 spiro atoms. The zero-order valence-corrected chi connectivity index (χ0v) is 17.5. The number of imidazole rings is 1. The van der Waals surface area contributed by atoms with Gasteiger partial charge in [-0.1, -0.05) is 6.07 Å². The van der Waals surface area contributed by atoms with Crippen LogP contribution in [0.2, 0.25) is 0 Å². The van der Waals surface area contributed by atoms with Crippen molar-refractivity contribution in [3.8, 4) is 11.4 Å². The highest BCUT2D eigenvalue weighted by Gasteiger charge is 2.27. The summed E-state index contributed by atoms with van der Waals surface area (Å²) in [6.07, 6.45) is 0.0816. The molecule has 1 aromatic heterocycles. The lowest BCUT2D eigenvalue weighted by Gasteiger charge is -2.32. The van der Waals surface area contributed by atoms with E-state index in [9.17, 15) is 19.1 Å². The number of aromatic nitrogens is 2. The van der Waals surface area contributed by atoms with Gasteiger partial charge in [0.25, 0.3) is 0 Å². The van der Waals surface area contributed by atoms with Crippen LogP contribution in [-0.4, -0.2) is 46.4 Å². The maximum absolute atomic E-state index is 14.8. The topological polar surface area (TPSA) is 84.7 Å². The fraction of sp³-hybridized carbons (Fsp3) is 0.348. The van der Waals surface area contributed by atoms with Gasteiger partial charge in [-0.3, -0.25) is 4.79 Å². The molecule has 0 atom stereocenters. The van der Waals surface area contributed by atoms with Crippen LogP contribution in [0.15, 0.2) is 36.4 Å². The average Bonchev–Trinajstić information content (AvgIpc) is 3.13. The highest BCUT2D eigenvalue weighted by Crippen LogP contribution is 2.32. The van der Waals surface area contributed by atoms with Gasteiger partial charge in [0.2, 0.25) is 0 Å². The van der Waals surface area contributed by atoms with Crippen molar-refractivity contribution in [2.24, 2.45) is 5.92 Å². The Bertz CT molecular complexity index is 1150. The average molecular weight is 425 g/mol. The number of anilines is 1. The van der Waals surface area contributed by atoms with Gasteiger partial charge in [-0.2, -0.15) is 0 Å². The standard InChI is InChI=1S/C23H24FN3O4/c1-3-31-22(28)15-8-10-26(11-9-15)16-5-6-18(24)17(13-16)21-25-19-12-14(2)4-7-20(19)27(21)23(29)30/h4-7,12-13,15H,3,8-11H2,1-2H3,(H,29,30). The van der Waals surface area contributed by atoms with Gasteiger partial charge in [0.15, 0.2) is 5.82 Å². The van der Waals surface area contributed by atoms with Crippen molar-refractivity contribution in [2.75, 3.05) is 24.6 Å². The normalized spacial score (nSPS) is 14.7. The third kappa shape index (κ3) is 3.97. The van der Waals surface area contributed by atoms with Gasteiger partial charge in [-0.15, -0.1) is 0 Å². The molecule has 1 aliphatic rings. The fourth-order valence-corrected chi connectivity index (χ4v) is 4.08. The van der Waals surface area contributed by atoms with E-state index in [1.165, 1.54) is 6.07 Å². The summed E-state index contributed by atoms with van der Waals surface area (Å²) < 4.78 is 20.9. The van der Waals surface area contributed by atoms with E-state index >= 15 is 0 Å². The number of carbonyl (C=O) groups is 2. The lowest BCUT2D eigenvalue weighted by molar-refractivity contribution is -0.148. The van der Waals surface area contributed by atoms with E-state index in [-0.39, 0.29) is 23.3 Å². The summed E-state index contributed by atoms with van der Waals surface area (Å²) in [6.45, 7) is 5.30. The molecular formula is C23H24FN3O4. The number of aryl methyl sites for hydroxylation is 1. The molecule has 1 aliphatic heterocycles. The van der Waals surface area contributed by atoms with Crippen molar-refractivity contribution in [1.82, 2.24) is 9.55 Å². The molecule has 8 heteroatoms. The monoisotopic (exact) mass is 425 g/mol. The first-order valence-corrected chi connectivity index (χ1v) is 10.3. The zero-order chi connectivity index (χ0) is 22.1. The molecule has 1 N–H and O–H groups in total. The molecule has 2 aromatic carbocycles. The Hall–Kier alpha value is -3.42. The first-order chi connectivity index (χ1) is 14.9. The minimum absolute atomic E-state index is 0.0499. The van der Waals surface area contributed by atoms with Gasteiger partial charge in [0.1, 0.15) is 5.82 Å². The molecule has 0 amide bonds. The predicted octanol–water partition coefficient (Wildman–Crippen LogP) is 4.46. The lowest BCUT2D eigenvalue weighted by Crippen LogP contribution is -2.37. The van der Waals surface area contributed by atoms with Crippen molar-refractivity contribution >= 4 is 28.8 Å². The molecule has 0 aliphatic carbocycles. The van der Waals surface area contributed by atoms with Gasteiger partial charge in [0, 0.05) is 18.8 Å². The van der Waals surface area contributed by atoms with Crippen LogP contribution >= 0.6 is 0 Å². The third-order valence-electron chi connectivity index (χ3n) is 5.67. The molecular weight excluding hydrogens is 401 g/mol. The zero-order valence-electron chi connectivity index (χ0n) is 17.5. The Morgan fingerprint density at radius 1 is 1.19 bits per heavy atom. The smallest absolute Gasteiger partial charge is 0.417 e. The first-order valence-electron chi connectivity index (χ1n) is 10.3. The van der Waals surface area contributed by atoms with Crippen LogP contribution in [-0.2, 0) is 9.53 Å². The number of benzene rings is 2. The van der Waals surface area contributed by atoms with Crippen molar-refractivity contribution in [3.63, 3.8) is 0 Å². The van der Waals surface area contributed by atoms with Crippen LogP contribution in [0.3, 0.4) is 0 Å².